The number of nitrogens with one attached hydrogen (secondary N) is 2. The Hall–Kier alpha value is -2.66. The number of fused-ring (bicyclic) bond motifs is 1. The fourth-order valence-corrected chi connectivity index (χ4v) is 5.16. The highest BCUT2D eigenvalue weighted by atomic mass is 127. The van der Waals surface area contributed by atoms with Gasteiger partial charge >= 0.3 is 0 Å². The lowest BCUT2D eigenvalue weighted by molar-refractivity contribution is -0.133. The predicted molar refractivity (Wildman–Crippen MR) is 139 cm³/mol. The van der Waals surface area contributed by atoms with Gasteiger partial charge in [-0.25, -0.2) is 0 Å². The predicted octanol–water partition coefficient (Wildman–Crippen LogP) is 3.45. The van der Waals surface area contributed by atoms with E-state index >= 15 is 0 Å². The highest BCUT2D eigenvalue weighted by Gasteiger charge is 2.31. The smallest absolute Gasteiger partial charge is 0.269 e. The van der Waals surface area contributed by atoms with Crippen molar-refractivity contribution in [1.82, 2.24) is 20.1 Å². The van der Waals surface area contributed by atoms with Crippen LogP contribution in [0, 0.1) is 3.57 Å². The molecule has 0 aliphatic carbocycles. The first-order valence-corrected chi connectivity index (χ1v) is 12.2. The maximum absolute atomic E-state index is 13.2. The number of carbonyl (C=O) groups is 3. The van der Waals surface area contributed by atoms with Crippen molar-refractivity contribution >= 4 is 67.1 Å². The van der Waals surface area contributed by atoms with E-state index in [4.69, 9.17) is 0 Å². The first kappa shape index (κ1) is 23.5. The Bertz CT molecular complexity index is 1240. The molecule has 2 aromatic carbocycles. The zero-order chi connectivity index (χ0) is 23.5. The van der Waals surface area contributed by atoms with Crippen LogP contribution in [-0.4, -0.2) is 46.3 Å². The molecule has 1 saturated heterocycles. The fraction of sp³-hybridized carbons (Fsp3) is 0.208. The average Bonchev–Trinajstić information content (AvgIpc) is 3.05. The lowest BCUT2D eigenvalue weighted by Crippen LogP contribution is -2.61. The molecule has 170 valence electrons. The number of amides is 3. The van der Waals surface area contributed by atoms with Crippen LogP contribution in [0.25, 0.3) is 10.9 Å². The molecule has 3 aromatic rings. The van der Waals surface area contributed by atoms with Crippen molar-refractivity contribution in [3.63, 3.8) is 0 Å². The normalized spacial score (nSPS) is 13.5. The van der Waals surface area contributed by atoms with E-state index in [1.165, 1.54) is 6.08 Å². The van der Waals surface area contributed by atoms with Gasteiger partial charge < -0.3 is 20.1 Å². The monoisotopic (exact) mass is 620 g/mol. The molecule has 9 heteroatoms. The molecule has 3 amide bonds. The van der Waals surface area contributed by atoms with Crippen molar-refractivity contribution < 1.29 is 14.4 Å². The largest absolute Gasteiger partial charge is 0.348 e. The summed E-state index contributed by atoms with van der Waals surface area (Å²) in [4.78, 5) is 39.3. The van der Waals surface area contributed by atoms with Crippen LogP contribution in [0.4, 0.5) is 0 Å². The van der Waals surface area contributed by atoms with Crippen LogP contribution in [0.5, 0.6) is 0 Å². The molecule has 0 atom stereocenters. The van der Waals surface area contributed by atoms with Gasteiger partial charge in [0, 0.05) is 29.5 Å². The number of carbonyl (C=O) groups excluding carboxylic acids is 3. The van der Waals surface area contributed by atoms with E-state index in [1.807, 2.05) is 48.5 Å². The van der Waals surface area contributed by atoms with E-state index in [0.717, 1.165) is 24.5 Å². The van der Waals surface area contributed by atoms with Gasteiger partial charge in [0.2, 0.25) is 11.8 Å². The molecule has 7 nitrogen and oxygen atoms in total. The first-order chi connectivity index (χ1) is 15.9. The average molecular weight is 621 g/mol. The molecule has 0 bridgehead atoms. The van der Waals surface area contributed by atoms with Gasteiger partial charge in [-0.3, -0.25) is 14.4 Å². The van der Waals surface area contributed by atoms with Crippen molar-refractivity contribution in [3.05, 3.63) is 80.5 Å². The number of benzene rings is 2. The molecular weight excluding hydrogens is 599 g/mol. The van der Waals surface area contributed by atoms with E-state index < -0.39 is 0 Å². The molecule has 0 spiro atoms. The number of rotatable bonds is 7. The zero-order valence-electron chi connectivity index (χ0n) is 17.7. The van der Waals surface area contributed by atoms with Gasteiger partial charge in [-0.15, -0.1) is 0 Å². The van der Waals surface area contributed by atoms with E-state index in [2.05, 4.69) is 55.7 Å². The van der Waals surface area contributed by atoms with Crippen molar-refractivity contribution in [2.24, 2.45) is 0 Å². The molecule has 33 heavy (non-hydrogen) atoms. The molecule has 0 saturated carbocycles. The third-order valence-corrected chi connectivity index (χ3v) is 7.09. The Kier molecular flexibility index (Phi) is 7.18. The summed E-state index contributed by atoms with van der Waals surface area (Å²) in [5, 5.41) is 6.82. The summed E-state index contributed by atoms with van der Waals surface area (Å²) in [6.45, 7) is 4.78. The van der Waals surface area contributed by atoms with Gasteiger partial charge in [-0.05, 0) is 52.4 Å². The minimum atomic E-state index is -0.241. The Morgan fingerprint density at radius 3 is 2.58 bits per heavy atom. The molecule has 2 heterocycles. The second-order valence-electron chi connectivity index (χ2n) is 7.79. The standard InChI is InChI=1S/C24H22BrIN4O3/c1-2-21(32)29-12-17(13-29)28-20(31)14-30-19-9-8-16(25)10-18(19)22(26)23(30)24(33)27-11-15-6-4-3-5-7-15/h2-10,17H,1,11-14H2,(H,27,33)(H,28,31). The molecule has 1 aliphatic rings. The van der Waals surface area contributed by atoms with Crippen LogP contribution in [0.2, 0.25) is 0 Å². The fourth-order valence-electron chi connectivity index (χ4n) is 3.83. The van der Waals surface area contributed by atoms with Gasteiger partial charge in [0.15, 0.2) is 0 Å². The van der Waals surface area contributed by atoms with Gasteiger partial charge in [-0.1, -0.05) is 52.8 Å². The molecule has 4 rings (SSSR count). The molecular formula is C24H22BrIN4O3. The second-order valence-corrected chi connectivity index (χ2v) is 9.78. The first-order valence-electron chi connectivity index (χ1n) is 10.4. The Morgan fingerprint density at radius 2 is 1.88 bits per heavy atom. The number of hydrogen-bond acceptors (Lipinski definition) is 3. The minimum absolute atomic E-state index is 0.00112. The summed E-state index contributed by atoms with van der Waals surface area (Å²) in [6.07, 6.45) is 1.27. The zero-order valence-corrected chi connectivity index (χ0v) is 21.4. The van der Waals surface area contributed by atoms with Gasteiger partial charge in [0.25, 0.3) is 5.91 Å². The molecule has 0 radical (unpaired) electrons. The minimum Gasteiger partial charge on any atom is -0.348 e. The van der Waals surface area contributed by atoms with Crippen LogP contribution in [0.15, 0.2) is 65.7 Å². The van der Waals surface area contributed by atoms with Crippen LogP contribution in [0.1, 0.15) is 16.1 Å². The van der Waals surface area contributed by atoms with Crippen LogP contribution in [0.3, 0.4) is 0 Å². The Balaban J connectivity index is 1.54. The van der Waals surface area contributed by atoms with Crippen LogP contribution < -0.4 is 10.6 Å². The van der Waals surface area contributed by atoms with Crippen molar-refractivity contribution in [2.75, 3.05) is 13.1 Å². The molecule has 2 N–H and O–H groups in total. The molecule has 1 aromatic heterocycles. The van der Waals surface area contributed by atoms with Crippen molar-refractivity contribution in [2.45, 2.75) is 19.1 Å². The summed E-state index contributed by atoms with van der Waals surface area (Å²) >= 11 is 5.65. The summed E-state index contributed by atoms with van der Waals surface area (Å²) in [5.74, 6) is -0.594. The van der Waals surface area contributed by atoms with Crippen molar-refractivity contribution in [1.29, 1.82) is 0 Å². The van der Waals surface area contributed by atoms with Crippen LogP contribution in [-0.2, 0) is 22.7 Å². The maximum Gasteiger partial charge on any atom is 0.269 e. The lowest BCUT2D eigenvalue weighted by atomic mass is 10.1. The number of aromatic nitrogens is 1. The number of halogens is 2. The molecule has 1 fully saturated rings. The van der Waals surface area contributed by atoms with Crippen molar-refractivity contribution in [3.8, 4) is 0 Å². The number of likely N-dealkylation sites (tertiary alicyclic amines) is 1. The number of nitrogens with zero attached hydrogens (tertiary/aromatic N) is 2. The van der Waals surface area contributed by atoms with E-state index in [-0.39, 0.29) is 30.3 Å². The summed E-state index contributed by atoms with van der Waals surface area (Å²) in [7, 11) is 0. The maximum atomic E-state index is 13.2. The van der Waals surface area contributed by atoms with Gasteiger partial charge in [0.05, 0.1) is 15.1 Å². The Labute approximate surface area is 213 Å². The Morgan fingerprint density at radius 1 is 1.15 bits per heavy atom. The van der Waals surface area contributed by atoms with E-state index in [1.54, 1.807) is 9.47 Å². The van der Waals surface area contributed by atoms with E-state index in [9.17, 15) is 14.4 Å². The van der Waals surface area contributed by atoms with E-state index in [0.29, 0.717) is 25.3 Å². The SMILES string of the molecule is C=CC(=O)N1CC(NC(=O)Cn2c(C(=O)NCc3ccccc3)c(I)c3cc(Br)ccc32)C1. The third kappa shape index (κ3) is 5.14. The summed E-state index contributed by atoms with van der Waals surface area (Å²) in [5.41, 5.74) is 2.25. The van der Waals surface area contributed by atoms with Gasteiger partial charge in [0.1, 0.15) is 12.2 Å². The van der Waals surface area contributed by atoms with Crippen LogP contribution >= 0.6 is 38.5 Å². The highest BCUT2D eigenvalue weighted by molar-refractivity contribution is 14.1. The molecule has 0 unspecified atom stereocenters. The third-order valence-electron chi connectivity index (χ3n) is 5.51. The van der Waals surface area contributed by atoms with Gasteiger partial charge in [-0.2, -0.15) is 0 Å². The summed E-state index contributed by atoms with van der Waals surface area (Å²) < 4.78 is 3.44. The summed E-state index contributed by atoms with van der Waals surface area (Å²) in [6, 6.07) is 15.3. The highest BCUT2D eigenvalue weighted by Crippen LogP contribution is 2.30. The quantitative estimate of drug-likeness (QED) is 0.314. The lowest BCUT2D eigenvalue weighted by Gasteiger charge is -2.38. The number of hydrogen-bond donors (Lipinski definition) is 2. The second kappa shape index (κ2) is 10.1. The molecule has 1 aliphatic heterocycles. The topological polar surface area (TPSA) is 83.4 Å².